The minimum absolute atomic E-state index is 0.432. The Kier molecular flexibility index (Phi) is 5.99. The highest BCUT2D eigenvalue weighted by molar-refractivity contribution is 7.99. The van der Waals surface area contributed by atoms with Gasteiger partial charge in [0.2, 0.25) is 0 Å². The molecule has 1 aliphatic heterocycles. The Hall–Kier alpha value is -1.85. The molecule has 2 aromatic carbocycles. The van der Waals surface area contributed by atoms with Gasteiger partial charge in [0.1, 0.15) is 11.4 Å². The van der Waals surface area contributed by atoms with E-state index in [2.05, 4.69) is 5.32 Å². The number of carbonyl (C=O) groups is 1. The summed E-state index contributed by atoms with van der Waals surface area (Å²) in [5.41, 5.74) is 1.07. The zero-order chi connectivity index (χ0) is 18.6. The number of benzene rings is 2. The Balaban J connectivity index is 1.43. The molecule has 0 aliphatic carbocycles. The first kappa shape index (κ1) is 18.9. The van der Waals surface area contributed by atoms with Crippen molar-refractivity contribution in [1.82, 2.24) is 0 Å². The fraction of sp³-hybridized carbons (Fsp3) is 0.350. The van der Waals surface area contributed by atoms with Gasteiger partial charge in [-0.05, 0) is 68.8 Å². The number of ether oxygens (including phenoxy) is 2. The number of nitrogens with one attached hydrogen (secondary N) is 1. The maximum absolute atomic E-state index is 11.6. The van der Waals surface area contributed by atoms with Crippen molar-refractivity contribution < 1.29 is 14.3 Å². The highest BCUT2D eigenvalue weighted by atomic mass is 35.5. The van der Waals surface area contributed by atoms with Crippen LogP contribution in [0, 0.1) is 0 Å². The molecule has 0 saturated heterocycles. The predicted octanol–water partition coefficient (Wildman–Crippen LogP) is 6.09. The molecule has 6 heteroatoms. The summed E-state index contributed by atoms with van der Waals surface area (Å²) < 4.78 is 11.1. The van der Waals surface area contributed by atoms with E-state index in [0.717, 1.165) is 40.6 Å². The first-order chi connectivity index (χ1) is 12.4. The summed E-state index contributed by atoms with van der Waals surface area (Å²) in [5, 5.41) is 3.50. The van der Waals surface area contributed by atoms with Gasteiger partial charge in [-0.3, -0.25) is 5.32 Å². The van der Waals surface area contributed by atoms with Crippen LogP contribution in [0.25, 0.3) is 0 Å². The average molecular weight is 392 g/mol. The zero-order valence-corrected chi connectivity index (χ0v) is 16.5. The summed E-state index contributed by atoms with van der Waals surface area (Å²) in [4.78, 5) is 12.9. The van der Waals surface area contributed by atoms with E-state index in [1.165, 1.54) is 4.90 Å². The van der Waals surface area contributed by atoms with Crippen LogP contribution in [0.4, 0.5) is 10.5 Å². The number of carbonyl (C=O) groups excluding carboxylic acids is 1. The summed E-state index contributed by atoms with van der Waals surface area (Å²) in [5.74, 6) is 1.80. The van der Waals surface area contributed by atoms with E-state index >= 15 is 0 Å². The smallest absolute Gasteiger partial charge is 0.412 e. The van der Waals surface area contributed by atoms with Crippen LogP contribution in [0.1, 0.15) is 32.3 Å². The summed E-state index contributed by atoms with van der Waals surface area (Å²) >= 11 is 7.70. The summed E-state index contributed by atoms with van der Waals surface area (Å²) in [7, 11) is 0. The van der Waals surface area contributed by atoms with Crippen LogP contribution in [-0.2, 0) is 10.3 Å². The highest BCUT2D eigenvalue weighted by Gasteiger charge is 2.33. The van der Waals surface area contributed by atoms with Gasteiger partial charge in [0.15, 0.2) is 0 Å². The second-order valence-corrected chi connectivity index (χ2v) is 8.19. The van der Waals surface area contributed by atoms with Crippen molar-refractivity contribution in [2.24, 2.45) is 0 Å². The van der Waals surface area contributed by atoms with E-state index in [0.29, 0.717) is 6.61 Å². The van der Waals surface area contributed by atoms with Gasteiger partial charge in [-0.2, -0.15) is 0 Å². The number of fused-ring (bicyclic) bond motifs is 1. The fourth-order valence-corrected chi connectivity index (χ4v) is 3.82. The largest absolute Gasteiger partial charge is 0.494 e. The van der Waals surface area contributed by atoms with Crippen LogP contribution in [0.15, 0.2) is 47.4 Å². The minimum Gasteiger partial charge on any atom is -0.494 e. The molecule has 0 unspecified atom stereocenters. The number of unbranched alkanes of at least 4 members (excludes halogenated alkanes) is 1. The number of anilines is 1. The molecule has 138 valence electrons. The molecule has 1 heterocycles. The Morgan fingerprint density at radius 2 is 1.92 bits per heavy atom. The number of cyclic esters (lactones) is 1. The molecule has 2 aromatic rings. The Morgan fingerprint density at radius 3 is 2.69 bits per heavy atom. The molecule has 3 rings (SSSR count). The number of thioether (sulfide) groups is 1. The maximum Gasteiger partial charge on any atom is 0.412 e. The number of hydrogen-bond acceptors (Lipinski definition) is 4. The molecule has 0 radical (unpaired) electrons. The molecule has 4 nitrogen and oxygen atoms in total. The van der Waals surface area contributed by atoms with Crippen molar-refractivity contribution in [3.05, 3.63) is 53.1 Å². The second kappa shape index (κ2) is 8.23. The van der Waals surface area contributed by atoms with Crippen molar-refractivity contribution in [2.45, 2.75) is 37.2 Å². The number of rotatable bonds is 7. The average Bonchev–Trinajstić information content (AvgIpc) is 2.58. The monoisotopic (exact) mass is 391 g/mol. The van der Waals surface area contributed by atoms with E-state index < -0.39 is 11.7 Å². The maximum atomic E-state index is 11.6. The van der Waals surface area contributed by atoms with Crippen LogP contribution < -0.4 is 10.1 Å². The highest BCUT2D eigenvalue weighted by Crippen LogP contribution is 2.37. The molecule has 1 N–H and O–H groups in total. The zero-order valence-electron chi connectivity index (χ0n) is 14.9. The Labute approximate surface area is 163 Å². The molecule has 26 heavy (non-hydrogen) atoms. The number of hydrogen-bond donors (Lipinski definition) is 1. The SMILES string of the molecule is CC1(C)OC(=O)Nc2cc(OCCCCSc3ccc(Cl)cc3)ccc21. The van der Waals surface area contributed by atoms with E-state index in [1.807, 2.05) is 68.1 Å². The van der Waals surface area contributed by atoms with Crippen LogP contribution >= 0.6 is 23.4 Å². The number of halogens is 1. The molecule has 0 saturated carbocycles. The minimum atomic E-state index is -0.630. The fourth-order valence-electron chi connectivity index (χ4n) is 2.78. The second-order valence-electron chi connectivity index (χ2n) is 6.59. The van der Waals surface area contributed by atoms with Crippen molar-refractivity contribution in [1.29, 1.82) is 0 Å². The van der Waals surface area contributed by atoms with Gasteiger partial charge in [0, 0.05) is 21.5 Å². The lowest BCUT2D eigenvalue weighted by atomic mass is 9.95. The van der Waals surface area contributed by atoms with Gasteiger partial charge < -0.3 is 9.47 Å². The van der Waals surface area contributed by atoms with Gasteiger partial charge in [-0.15, -0.1) is 11.8 Å². The van der Waals surface area contributed by atoms with E-state index in [4.69, 9.17) is 21.1 Å². The standard InChI is InChI=1S/C20H22ClNO3S/c1-20(2)17-10-7-15(13-18(17)22-19(23)25-20)24-11-3-4-12-26-16-8-5-14(21)6-9-16/h5-10,13H,3-4,11-12H2,1-2H3,(H,22,23). The molecular weight excluding hydrogens is 370 g/mol. The molecule has 1 aliphatic rings. The molecule has 0 aromatic heterocycles. The van der Waals surface area contributed by atoms with Gasteiger partial charge in [0.05, 0.1) is 12.3 Å². The topological polar surface area (TPSA) is 47.6 Å². The van der Waals surface area contributed by atoms with Gasteiger partial charge in [0.25, 0.3) is 0 Å². The Morgan fingerprint density at radius 1 is 1.15 bits per heavy atom. The van der Waals surface area contributed by atoms with Crippen LogP contribution in [-0.4, -0.2) is 18.5 Å². The van der Waals surface area contributed by atoms with Crippen LogP contribution in [0.5, 0.6) is 5.75 Å². The number of amides is 1. The van der Waals surface area contributed by atoms with Gasteiger partial charge in [-0.25, -0.2) is 4.79 Å². The molecule has 0 atom stereocenters. The Bertz CT molecular complexity index is 777. The van der Waals surface area contributed by atoms with E-state index in [9.17, 15) is 4.79 Å². The first-order valence-electron chi connectivity index (χ1n) is 8.60. The van der Waals surface area contributed by atoms with Gasteiger partial charge in [-0.1, -0.05) is 11.6 Å². The van der Waals surface area contributed by atoms with Crippen LogP contribution in [0.3, 0.4) is 0 Å². The summed E-state index contributed by atoms with van der Waals surface area (Å²) in [6, 6.07) is 13.6. The molecule has 1 amide bonds. The van der Waals surface area contributed by atoms with Crippen LogP contribution in [0.2, 0.25) is 5.02 Å². The first-order valence-corrected chi connectivity index (χ1v) is 9.96. The lowest BCUT2D eigenvalue weighted by Crippen LogP contribution is -2.34. The molecular formula is C20H22ClNO3S. The normalized spacial score (nSPS) is 15.0. The van der Waals surface area contributed by atoms with Crippen molar-refractivity contribution in [2.75, 3.05) is 17.7 Å². The third-order valence-electron chi connectivity index (χ3n) is 4.11. The lowest BCUT2D eigenvalue weighted by Gasteiger charge is -2.32. The molecule has 0 spiro atoms. The van der Waals surface area contributed by atoms with Gasteiger partial charge >= 0.3 is 6.09 Å². The quantitative estimate of drug-likeness (QED) is 0.458. The van der Waals surface area contributed by atoms with E-state index in [-0.39, 0.29) is 0 Å². The van der Waals surface area contributed by atoms with Crippen molar-refractivity contribution in [3.63, 3.8) is 0 Å². The predicted molar refractivity (Wildman–Crippen MR) is 106 cm³/mol. The summed E-state index contributed by atoms with van der Waals surface area (Å²) in [6.45, 7) is 4.40. The third kappa shape index (κ3) is 4.86. The van der Waals surface area contributed by atoms with Crippen molar-refractivity contribution in [3.8, 4) is 5.75 Å². The third-order valence-corrected chi connectivity index (χ3v) is 5.46. The summed E-state index contributed by atoms with van der Waals surface area (Å²) in [6.07, 6.45) is 1.60. The lowest BCUT2D eigenvalue weighted by molar-refractivity contribution is 0.0420. The molecule has 0 bridgehead atoms. The van der Waals surface area contributed by atoms with Crippen molar-refractivity contribution >= 4 is 35.1 Å². The molecule has 0 fully saturated rings. The van der Waals surface area contributed by atoms with E-state index in [1.54, 1.807) is 0 Å².